The summed E-state index contributed by atoms with van der Waals surface area (Å²) in [6.07, 6.45) is 1.59. The molecule has 9 heteroatoms. The highest BCUT2D eigenvalue weighted by atomic mass is 35.5. The van der Waals surface area contributed by atoms with E-state index in [1.807, 2.05) is 6.92 Å². The minimum absolute atomic E-state index is 0.0234. The number of aromatic nitrogens is 1. The number of aliphatic hydroxyl groups excluding tert-OH is 1. The van der Waals surface area contributed by atoms with Crippen LogP contribution in [-0.2, 0) is 0 Å². The van der Waals surface area contributed by atoms with E-state index in [9.17, 15) is 4.79 Å². The van der Waals surface area contributed by atoms with E-state index in [2.05, 4.69) is 22.2 Å². The van der Waals surface area contributed by atoms with Crippen molar-refractivity contribution < 1.29 is 19.4 Å². The molecule has 0 aliphatic carbocycles. The number of ether oxygens (including phenoxy) is 2. The number of fused-ring (bicyclic) bond motifs is 1. The zero-order chi connectivity index (χ0) is 22.5. The van der Waals surface area contributed by atoms with Gasteiger partial charge in [-0.1, -0.05) is 18.2 Å². The molecule has 5 N–H and O–H groups in total. The molecule has 3 rings (SSSR count). The van der Waals surface area contributed by atoms with E-state index in [1.165, 1.54) is 7.11 Å². The van der Waals surface area contributed by atoms with Gasteiger partial charge in [0.25, 0.3) is 5.91 Å². The Hall–Kier alpha value is -3.49. The smallest absolute Gasteiger partial charge is 0.252 e. The molecular weight excluding hydrogens is 420 g/mol. The van der Waals surface area contributed by atoms with Crippen LogP contribution < -0.4 is 25.8 Å². The SMILES string of the molecule is C=C(Nc1ccc(Oc2ccnc3cc(OC)c(C(N)=O)cc23)cc1Cl)N[C@H](C)CO. The fourth-order valence-corrected chi connectivity index (χ4v) is 3.15. The van der Waals surface area contributed by atoms with Crippen molar-refractivity contribution >= 4 is 34.1 Å². The molecule has 0 saturated carbocycles. The van der Waals surface area contributed by atoms with Gasteiger partial charge in [-0.25, -0.2) is 0 Å². The molecule has 162 valence electrons. The number of aliphatic hydroxyl groups is 1. The van der Waals surface area contributed by atoms with Crippen molar-refractivity contribution in [2.24, 2.45) is 5.73 Å². The summed E-state index contributed by atoms with van der Waals surface area (Å²) in [7, 11) is 1.46. The van der Waals surface area contributed by atoms with Gasteiger partial charge < -0.3 is 30.9 Å². The lowest BCUT2D eigenvalue weighted by molar-refractivity contribution is 0.0997. The van der Waals surface area contributed by atoms with Gasteiger partial charge in [-0.15, -0.1) is 0 Å². The average molecular weight is 443 g/mol. The molecular formula is C22H23ClN4O4. The Morgan fingerprint density at radius 3 is 2.71 bits per heavy atom. The first-order valence-corrected chi connectivity index (χ1v) is 9.77. The summed E-state index contributed by atoms with van der Waals surface area (Å²) in [6.45, 7) is 5.66. The number of nitrogens with one attached hydrogen (secondary N) is 2. The highest BCUT2D eigenvalue weighted by molar-refractivity contribution is 6.33. The van der Waals surface area contributed by atoms with Crippen molar-refractivity contribution in [2.75, 3.05) is 19.0 Å². The minimum atomic E-state index is -0.614. The van der Waals surface area contributed by atoms with E-state index in [0.29, 0.717) is 44.7 Å². The van der Waals surface area contributed by atoms with Crippen molar-refractivity contribution in [3.8, 4) is 17.2 Å². The molecule has 2 aromatic carbocycles. The van der Waals surface area contributed by atoms with E-state index in [1.54, 1.807) is 42.6 Å². The Kier molecular flexibility index (Phi) is 6.84. The number of nitrogens with two attached hydrogens (primary N) is 1. The van der Waals surface area contributed by atoms with Crippen LogP contribution in [0, 0.1) is 0 Å². The first kappa shape index (κ1) is 22.2. The summed E-state index contributed by atoms with van der Waals surface area (Å²) in [4.78, 5) is 16.1. The highest BCUT2D eigenvalue weighted by Crippen LogP contribution is 2.35. The van der Waals surface area contributed by atoms with Gasteiger partial charge in [0.15, 0.2) is 0 Å². The number of anilines is 1. The van der Waals surface area contributed by atoms with Crippen LogP contribution in [0.4, 0.5) is 5.69 Å². The third kappa shape index (κ3) is 5.17. The van der Waals surface area contributed by atoms with Crippen LogP contribution in [-0.4, -0.2) is 35.8 Å². The summed E-state index contributed by atoms with van der Waals surface area (Å²) < 4.78 is 11.2. The standard InChI is InChI=1S/C22H23ClN4O4/c1-12(11-28)26-13(2)27-18-5-4-14(8-17(18)23)31-20-6-7-25-19-10-21(30-3)16(22(24)29)9-15(19)20/h4-10,12,26-28H,2,11H2,1,3H3,(H2,24,29)/t12-/m1/s1. The van der Waals surface area contributed by atoms with Gasteiger partial charge in [0, 0.05) is 29.8 Å². The summed E-state index contributed by atoms with van der Waals surface area (Å²) in [5.74, 6) is 1.20. The molecule has 0 aliphatic rings. The normalized spacial score (nSPS) is 11.6. The number of rotatable bonds is 9. The molecule has 0 fully saturated rings. The predicted molar refractivity (Wildman–Crippen MR) is 121 cm³/mol. The zero-order valence-electron chi connectivity index (χ0n) is 17.1. The highest BCUT2D eigenvalue weighted by Gasteiger charge is 2.15. The Bertz CT molecular complexity index is 1140. The number of pyridine rings is 1. The van der Waals surface area contributed by atoms with Crippen molar-refractivity contribution in [3.63, 3.8) is 0 Å². The number of halogens is 1. The lowest BCUT2D eigenvalue weighted by Crippen LogP contribution is -2.31. The Balaban J connectivity index is 1.87. The van der Waals surface area contributed by atoms with E-state index >= 15 is 0 Å². The van der Waals surface area contributed by atoms with E-state index in [0.717, 1.165) is 0 Å². The second-order valence-electron chi connectivity index (χ2n) is 6.82. The average Bonchev–Trinajstić information content (AvgIpc) is 2.74. The fourth-order valence-electron chi connectivity index (χ4n) is 2.93. The number of methoxy groups -OCH3 is 1. The molecule has 0 aliphatic heterocycles. The number of nitrogens with zero attached hydrogens (tertiary/aromatic N) is 1. The molecule has 1 aromatic heterocycles. The lowest BCUT2D eigenvalue weighted by atomic mass is 10.1. The number of hydrogen-bond donors (Lipinski definition) is 4. The van der Waals surface area contributed by atoms with Gasteiger partial charge in [0.1, 0.15) is 17.2 Å². The monoisotopic (exact) mass is 442 g/mol. The summed E-state index contributed by atoms with van der Waals surface area (Å²) in [5.41, 5.74) is 6.91. The van der Waals surface area contributed by atoms with Gasteiger partial charge in [0.2, 0.25) is 0 Å². The van der Waals surface area contributed by atoms with Crippen LogP contribution in [0.2, 0.25) is 5.02 Å². The first-order valence-electron chi connectivity index (χ1n) is 9.39. The molecule has 31 heavy (non-hydrogen) atoms. The topological polar surface area (TPSA) is 119 Å². The van der Waals surface area contributed by atoms with Gasteiger partial charge in [-0.3, -0.25) is 9.78 Å². The summed E-state index contributed by atoms with van der Waals surface area (Å²) >= 11 is 6.38. The van der Waals surface area contributed by atoms with Crippen molar-refractivity contribution in [1.82, 2.24) is 10.3 Å². The van der Waals surface area contributed by atoms with Crippen molar-refractivity contribution in [3.05, 3.63) is 65.6 Å². The molecule has 3 aromatic rings. The Morgan fingerprint density at radius 2 is 2.06 bits per heavy atom. The maximum absolute atomic E-state index is 11.8. The van der Waals surface area contributed by atoms with Crippen molar-refractivity contribution in [1.29, 1.82) is 0 Å². The third-order valence-corrected chi connectivity index (χ3v) is 4.75. The molecule has 1 heterocycles. The molecule has 0 saturated heterocycles. The summed E-state index contributed by atoms with van der Waals surface area (Å²) in [5, 5.41) is 16.2. The van der Waals surface area contributed by atoms with E-state index < -0.39 is 5.91 Å². The molecule has 1 atom stereocenters. The van der Waals surface area contributed by atoms with Gasteiger partial charge in [0.05, 0.1) is 41.3 Å². The van der Waals surface area contributed by atoms with Gasteiger partial charge in [-0.2, -0.15) is 0 Å². The molecule has 0 bridgehead atoms. The van der Waals surface area contributed by atoms with Gasteiger partial charge in [-0.05, 0) is 31.2 Å². The molecule has 0 spiro atoms. The Labute approximate surface area is 184 Å². The third-order valence-electron chi connectivity index (χ3n) is 4.44. The predicted octanol–water partition coefficient (Wildman–Crippen LogP) is 3.64. The van der Waals surface area contributed by atoms with Crippen LogP contribution in [0.15, 0.2) is 55.0 Å². The van der Waals surface area contributed by atoms with Crippen LogP contribution in [0.1, 0.15) is 17.3 Å². The van der Waals surface area contributed by atoms with Crippen LogP contribution >= 0.6 is 11.6 Å². The number of amides is 1. The zero-order valence-corrected chi connectivity index (χ0v) is 17.9. The number of benzene rings is 2. The second-order valence-corrected chi connectivity index (χ2v) is 7.23. The fraction of sp³-hybridized carbons (Fsp3) is 0.182. The van der Waals surface area contributed by atoms with Crippen LogP contribution in [0.5, 0.6) is 17.2 Å². The number of hydrogen-bond acceptors (Lipinski definition) is 7. The lowest BCUT2D eigenvalue weighted by Gasteiger charge is -2.17. The largest absolute Gasteiger partial charge is 0.496 e. The van der Waals surface area contributed by atoms with E-state index in [4.69, 9.17) is 31.9 Å². The quantitative estimate of drug-likeness (QED) is 0.399. The second kappa shape index (κ2) is 9.55. The van der Waals surface area contributed by atoms with Crippen LogP contribution in [0.3, 0.4) is 0 Å². The Morgan fingerprint density at radius 1 is 1.29 bits per heavy atom. The molecule has 1 amide bonds. The number of primary amides is 1. The van der Waals surface area contributed by atoms with Gasteiger partial charge >= 0.3 is 0 Å². The summed E-state index contributed by atoms with van der Waals surface area (Å²) in [6, 6.07) is 9.89. The van der Waals surface area contributed by atoms with Crippen LogP contribution in [0.25, 0.3) is 10.9 Å². The molecule has 0 radical (unpaired) electrons. The van der Waals surface area contributed by atoms with Crippen molar-refractivity contribution in [2.45, 2.75) is 13.0 Å². The molecule has 8 nitrogen and oxygen atoms in total. The number of carbonyl (C=O) groups excluding carboxylic acids is 1. The minimum Gasteiger partial charge on any atom is -0.496 e. The molecule has 0 unspecified atom stereocenters. The van der Waals surface area contributed by atoms with E-state index in [-0.39, 0.29) is 18.2 Å². The number of carbonyl (C=O) groups is 1. The maximum Gasteiger partial charge on any atom is 0.252 e. The first-order chi connectivity index (χ1) is 14.8. The maximum atomic E-state index is 11.8.